The number of hydrogen-bond acceptors (Lipinski definition) is 2. The van der Waals surface area contributed by atoms with E-state index in [0.717, 1.165) is 4.57 Å². The van der Waals surface area contributed by atoms with E-state index in [1.807, 2.05) is 0 Å². The van der Waals surface area contributed by atoms with Crippen molar-refractivity contribution in [2.45, 2.75) is 0 Å². The molecule has 5 heteroatoms. The summed E-state index contributed by atoms with van der Waals surface area (Å²) in [5.41, 5.74) is 0. The Morgan fingerprint density at radius 3 is 2.40 bits per heavy atom. The zero-order valence-electron chi connectivity index (χ0n) is 5.39. The van der Waals surface area contributed by atoms with Gasteiger partial charge in [0, 0.05) is 33.5 Å². The first-order valence-electron chi connectivity index (χ1n) is 2.02. The van der Waals surface area contributed by atoms with E-state index in [1.165, 1.54) is 18.7 Å². The second-order valence-electron chi connectivity index (χ2n) is 1.25. The van der Waals surface area contributed by atoms with Gasteiger partial charge in [-0.25, -0.2) is 14.3 Å². The number of nitrogens with zero attached hydrogens (tertiary/aromatic N) is 2. The molecule has 0 saturated heterocycles. The van der Waals surface area contributed by atoms with E-state index in [4.69, 9.17) is 5.11 Å². The molecular weight excluding hydrogens is 304 g/mol. The molecule has 0 radical (unpaired) electrons. The molecule has 56 valence electrons. The van der Waals surface area contributed by atoms with Crippen LogP contribution in [-0.4, -0.2) is 20.8 Å². The smallest absolute Gasteiger partial charge is 0.416 e. The van der Waals surface area contributed by atoms with Crippen LogP contribution in [0.25, 0.3) is 0 Å². The van der Waals surface area contributed by atoms with Gasteiger partial charge in [0.15, 0.2) is 0 Å². The second kappa shape index (κ2) is 5.18. The Bertz CT molecular complexity index is 186. The fraction of sp³-hybridized carbons (Fsp3) is 0. The van der Waals surface area contributed by atoms with E-state index in [1.54, 1.807) is 0 Å². The predicted octanol–water partition coefficient (Wildman–Crippen LogP) is 0.857. The van der Waals surface area contributed by atoms with Gasteiger partial charge in [0.1, 0.15) is 6.33 Å². The largest absolute Gasteiger partial charge is 0.464 e. The average Bonchev–Trinajstić information content (AvgIpc) is 2.12. The summed E-state index contributed by atoms with van der Waals surface area (Å²) in [4.78, 5) is 13.5. The van der Waals surface area contributed by atoms with Gasteiger partial charge in [0.05, 0.1) is 0 Å². The Balaban J connectivity index is 0. The van der Waals surface area contributed by atoms with Gasteiger partial charge in [-0.2, -0.15) is 0 Å². The molecule has 4 nitrogen and oxygen atoms in total. The third-order valence-electron chi connectivity index (χ3n) is 0.725. The van der Waals surface area contributed by atoms with Gasteiger partial charge in [0.25, 0.3) is 0 Å². The molecule has 0 aliphatic carbocycles. The van der Waals surface area contributed by atoms with E-state index in [9.17, 15) is 4.79 Å². The molecule has 1 aromatic rings. The summed E-state index contributed by atoms with van der Waals surface area (Å²) in [5.74, 6) is 0. The van der Waals surface area contributed by atoms with Crippen LogP contribution >= 0.6 is 0 Å². The zero-order valence-corrected chi connectivity index (χ0v) is 8.32. The molecule has 0 aromatic carbocycles. The van der Waals surface area contributed by atoms with Crippen molar-refractivity contribution in [3.05, 3.63) is 26.1 Å². The standard InChI is InChI=1S/C4H4N2O2.CH3.W/c7-4(8)6-2-1-5-3-6;;/h1-3H,(H,7,8);1H3;/q;-1;. The van der Waals surface area contributed by atoms with Crippen molar-refractivity contribution in [1.29, 1.82) is 0 Å². The van der Waals surface area contributed by atoms with Crippen molar-refractivity contribution in [1.82, 2.24) is 9.55 Å². The average molecular weight is 311 g/mol. The van der Waals surface area contributed by atoms with Crippen molar-refractivity contribution in [2.75, 3.05) is 0 Å². The summed E-state index contributed by atoms with van der Waals surface area (Å²) in [7, 11) is 0. The van der Waals surface area contributed by atoms with Crippen LogP contribution in [-0.2, 0) is 21.1 Å². The quantitative estimate of drug-likeness (QED) is 0.723. The molecule has 0 spiro atoms. The number of carboxylic acid groups (broad SMARTS) is 1. The van der Waals surface area contributed by atoms with Crippen molar-refractivity contribution in [2.24, 2.45) is 0 Å². The van der Waals surface area contributed by atoms with Crippen molar-refractivity contribution in [3.63, 3.8) is 0 Å². The first-order valence-corrected chi connectivity index (χ1v) is 2.02. The summed E-state index contributed by atoms with van der Waals surface area (Å²) >= 11 is 0. The molecule has 0 aliphatic heterocycles. The fourth-order valence-electron chi connectivity index (χ4n) is 0.372. The van der Waals surface area contributed by atoms with Crippen LogP contribution in [0.3, 0.4) is 0 Å². The topological polar surface area (TPSA) is 55.1 Å². The van der Waals surface area contributed by atoms with Gasteiger partial charge in [-0.1, -0.05) is 0 Å². The molecule has 0 unspecified atom stereocenters. The molecule has 0 atom stereocenters. The fourth-order valence-corrected chi connectivity index (χ4v) is 0.372. The maximum absolute atomic E-state index is 9.98. The normalized spacial score (nSPS) is 7.20. The van der Waals surface area contributed by atoms with Gasteiger partial charge in [-0.05, 0) is 0 Å². The van der Waals surface area contributed by atoms with E-state index < -0.39 is 6.09 Å². The van der Waals surface area contributed by atoms with Gasteiger partial charge >= 0.3 is 6.09 Å². The molecule has 1 aromatic heterocycles. The maximum Gasteiger partial charge on any atom is 0.416 e. The predicted molar refractivity (Wildman–Crippen MR) is 32.1 cm³/mol. The van der Waals surface area contributed by atoms with E-state index in [-0.39, 0.29) is 28.5 Å². The zero-order chi connectivity index (χ0) is 5.98. The minimum Gasteiger partial charge on any atom is -0.464 e. The number of hydrogen-bond donors (Lipinski definition) is 1. The molecule has 0 aliphatic rings. The Morgan fingerprint density at radius 2 is 2.20 bits per heavy atom. The first-order chi connectivity index (χ1) is 3.80. The maximum atomic E-state index is 9.98. The minimum atomic E-state index is -1.01. The SMILES string of the molecule is O=C(O)n1ccnc1.[CH3-].[W]. The molecule has 0 bridgehead atoms. The van der Waals surface area contributed by atoms with Crippen molar-refractivity contribution < 1.29 is 31.0 Å². The van der Waals surface area contributed by atoms with Gasteiger partial charge < -0.3 is 12.5 Å². The van der Waals surface area contributed by atoms with Crippen LogP contribution in [0.5, 0.6) is 0 Å². The summed E-state index contributed by atoms with van der Waals surface area (Å²) in [5, 5.41) is 8.20. The van der Waals surface area contributed by atoms with Crippen molar-refractivity contribution in [3.8, 4) is 0 Å². The number of carbonyl (C=O) groups is 1. The Hall–Kier alpha value is -0.632. The van der Waals surface area contributed by atoms with Crippen LogP contribution in [0.4, 0.5) is 4.79 Å². The van der Waals surface area contributed by atoms with Gasteiger partial charge in [-0.3, -0.25) is 0 Å². The van der Waals surface area contributed by atoms with Crippen molar-refractivity contribution >= 4 is 6.09 Å². The van der Waals surface area contributed by atoms with Crippen LogP contribution in [0.15, 0.2) is 18.7 Å². The first kappa shape index (κ1) is 12.1. The molecule has 0 saturated carbocycles. The molecule has 1 N–H and O–H groups in total. The van der Waals surface area contributed by atoms with Crippen LogP contribution < -0.4 is 0 Å². The molecule has 1 heterocycles. The number of aromatic nitrogens is 2. The Kier molecular flexibility index (Phi) is 6.26. The Labute approximate surface area is 73.1 Å². The minimum absolute atomic E-state index is 0. The van der Waals surface area contributed by atoms with E-state index >= 15 is 0 Å². The van der Waals surface area contributed by atoms with Gasteiger partial charge in [-0.15, -0.1) is 0 Å². The summed E-state index contributed by atoms with van der Waals surface area (Å²) in [6, 6.07) is 0. The monoisotopic (exact) mass is 311 g/mol. The van der Waals surface area contributed by atoms with Crippen LogP contribution in [0.1, 0.15) is 0 Å². The summed E-state index contributed by atoms with van der Waals surface area (Å²) in [6.07, 6.45) is 2.99. The Morgan fingerprint density at radius 1 is 1.60 bits per heavy atom. The second-order valence-corrected chi connectivity index (χ2v) is 1.25. The van der Waals surface area contributed by atoms with E-state index in [2.05, 4.69) is 4.98 Å². The number of rotatable bonds is 0. The number of imidazole rings is 1. The molecule has 1 rings (SSSR count). The summed E-state index contributed by atoms with van der Waals surface area (Å²) in [6.45, 7) is 0. The third kappa shape index (κ3) is 2.78. The third-order valence-corrected chi connectivity index (χ3v) is 0.725. The van der Waals surface area contributed by atoms with E-state index in [0.29, 0.717) is 0 Å². The molecular formula is C5H7N2O2W-. The summed E-state index contributed by atoms with van der Waals surface area (Å²) < 4.78 is 0.972. The molecule has 0 fully saturated rings. The van der Waals surface area contributed by atoms with Crippen LogP contribution in [0, 0.1) is 7.43 Å². The van der Waals surface area contributed by atoms with Crippen LogP contribution in [0.2, 0.25) is 0 Å². The molecule has 10 heavy (non-hydrogen) atoms. The van der Waals surface area contributed by atoms with Gasteiger partial charge in [0.2, 0.25) is 0 Å². The molecule has 0 amide bonds.